The molecular weight excluding hydrogens is 264 g/mol. The molecule has 1 saturated heterocycles. The monoisotopic (exact) mass is 293 g/mol. The van der Waals surface area contributed by atoms with E-state index in [9.17, 15) is 0 Å². The summed E-state index contributed by atoms with van der Waals surface area (Å²) in [6, 6.07) is 0.954. The molecule has 3 aliphatic rings. The highest BCUT2D eigenvalue weighted by Crippen LogP contribution is 2.38. The number of hydrogen-bond acceptors (Lipinski definition) is 2. The fraction of sp³-hybridized carbons (Fsp3) is 1.00. The third-order valence-electron chi connectivity index (χ3n) is 5.57. The zero-order valence-corrected chi connectivity index (χ0v) is 13.7. The van der Waals surface area contributed by atoms with E-state index in [1.165, 1.54) is 64.2 Å². The second-order valence-electron chi connectivity index (χ2n) is 7.04. The summed E-state index contributed by atoms with van der Waals surface area (Å²) in [6.45, 7) is 0. The van der Waals surface area contributed by atoms with E-state index < -0.39 is 0 Å². The predicted molar refractivity (Wildman–Crippen MR) is 81.9 cm³/mol. The summed E-state index contributed by atoms with van der Waals surface area (Å²) in [5.41, 5.74) is 0. The number of ether oxygens (including phenoxy) is 2. The van der Waals surface area contributed by atoms with E-state index in [0.29, 0.717) is 18.1 Å². The lowest BCUT2D eigenvalue weighted by Gasteiger charge is -2.43. The van der Waals surface area contributed by atoms with Gasteiger partial charge < -0.3 is 9.47 Å². The molecule has 3 rings (SSSR count). The third-order valence-corrected chi connectivity index (χ3v) is 6.02. The fourth-order valence-electron chi connectivity index (χ4n) is 4.33. The van der Waals surface area contributed by atoms with Crippen molar-refractivity contribution in [2.45, 2.75) is 95.2 Å². The first-order valence-corrected chi connectivity index (χ1v) is 9.53. The standard InChI is InChI=1S/C17H29O2Si/c20-12-15-11-16(13-7-3-1-4-8-13)19-17(18-15)14-9-5-2-6-10-14/h13-17H,1-12H2/t15-,16-,17+/m0/s1. The van der Waals surface area contributed by atoms with Crippen LogP contribution < -0.4 is 0 Å². The van der Waals surface area contributed by atoms with Gasteiger partial charge in [0.1, 0.15) is 0 Å². The molecule has 0 aromatic heterocycles. The van der Waals surface area contributed by atoms with E-state index in [1.807, 2.05) is 0 Å². The fourth-order valence-corrected chi connectivity index (χ4v) is 4.60. The van der Waals surface area contributed by atoms with Gasteiger partial charge in [-0.25, -0.2) is 0 Å². The molecule has 113 valence electrons. The Hall–Kier alpha value is 0.137. The zero-order chi connectivity index (χ0) is 13.8. The predicted octanol–water partition coefficient (Wildman–Crippen LogP) is 4.23. The maximum Gasteiger partial charge on any atom is 0.161 e. The molecule has 3 fully saturated rings. The highest BCUT2D eigenvalue weighted by atomic mass is 28.1. The molecule has 0 unspecified atom stereocenters. The van der Waals surface area contributed by atoms with Crippen molar-refractivity contribution < 1.29 is 9.47 Å². The number of hydrogen-bond donors (Lipinski definition) is 0. The summed E-state index contributed by atoms with van der Waals surface area (Å²) in [6.07, 6.45) is 15.7. The minimum absolute atomic E-state index is 0.0809. The van der Waals surface area contributed by atoms with Crippen molar-refractivity contribution in [3.63, 3.8) is 0 Å². The van der Waals surface area contributed by atoms with Crippen LogP contribution in [0.15, 0.2) is 0 Å². The summed E-state index contributed by atoms with van der Waals surface area (Å²) in [5, 5.41) is 0. The molecular formula is C17H29O2Si. The van der Waals surface area contributed by atoms with Gasteiger partial charge in [-0.2, -0.15) is 0 Å². The lowest BCUT2D eigenvalue weighted by atomic mass is 9.82. The van der Waals surface area contributed by atoms with Crippen molar-refractivity contribution in [1.82, 2.24) is 0 Å². The second-order valence-corrected chi connectivity index (χ2v) is 7.45. The van der Waals surface area contributed by atoms with Crippen LogP contribution in [0.4, 0.5) is 0 Å². The average molecular weight is 294 g/mol. The Morgan fingerprint density at radius 2 is 1.35 bits per heavy atom. The molecule has 0 bridgehead atoms. The molecule has 20 heavy (non-hydrogen) atoms. The molecule has 0 spiro atoms. The molecule has 0 amide bonds. The van der Waals surface area contributed by atoms with Gasteiger partial charge in [0.05, 0.1) is 12.2 Å². The van der Waals surface area contributed by atoms with E-state index in [1.54, 1.807) is 0 Å². The van der Waals surface area contributed by atoms with Gasteiger partial charge in [0, 0.05) is 16.2 Å². The Kier molecular flexibility index (Phi) is 5.58. The first kappa shape index (κ1) is 15.0. The molecule has 2 aliphatic carbocycles. The minimum Gasteiger partial charge on any atom is -0.349 e. The topological polar surface area (TPSA) is 18.5 Å². The van der Waals surface area contributed by atoms with Crippen molar-refractivity contribution in [2.24, 2.45) is 11.8 Å². The van der Waals surface area contributed by atoms with Crippen LogP contribution in [0, 0.1) is 11.8 Å². The van der Waals surface area contributed by atoms with E-state index in [-0.39, 0.29) is 6.29 Å². The Morgan fingerprint density at radius 3 is 1.95 bits per heavy atom. The van der Waals surface area contributed by atoms with Gasteiger partial charge in [-0.15, -0.1) is 0 Å². The summed E-state index contributed by atoms with van der Waals surface area (Å²) in [5.74, 6) is 1.44. The smallest absolute Gasteiger partial charge is 0.161 e. The maximum atomic E-state index is 6.45. The molecule has 3 radical (unpaired) electrons. The Balaban J connectivity index is 1.61. The molecule has 0 N–H and O–H groups in total. The first-order chi connectivity index (χ1) is 9.86. The van der Waals surface area contributed by atoms with Crippen molar-refractivity contribution in [1.29, 1.82) is 0 Å². The van der Waals surface area contributed by atoms with Crippen LogP contribution in [0.1, 0.15) is 70.6 Å². The van der Waals surface area contributed by atoms with E-state index in [4.69, 9.17) is 9.47 Å². The molecule has 0 aromatic carbocycles. The third kappa shape index (κ3) is 3.66. The maximum absolute atomic E-state index is 6.45. The van der Waals surface area contributed by atoms with E-state index >= 15 is 0 Å². The van der Waals surface area contributed by atoms with Gasteiger partial charge in [0.2, 0.25) is 0 Å². The van der Waals surface area contributed by atoms with Crippen molar-refractivity contribution in [3.05, 3.63) is 0 Å². The average Bonchev–Trinajstić information content (AvgIpc) is 2.56. The quantitative estimate of drug-likeness (QED) is 0.725. The first-order valence-electron chi connectivity index (χ1n) is 8.82. The van der Waals surface area contributed by atoms with Crippen molar-refractivity contribution in [2.75, 3.05) is 0 Å². The van der Waals surface area contributed by atoms with Crippen molar-refractivity contribution in [3.8, 4) is 0 Å². The zero-order valence-electron chi connectivity index (χ0n) is 12.7. The Bertz CT molecular complexity index is 259. The minimum atomic E-state index is 0.0809. The molecule has 1 heterocycles. The van der Waals surface area contributed by atoms with Gasteiger partial charge >= 0.3 is 0 Å². The number of rotatable bonds is 3. The summed E-state index contributed by atoms with van der Waals surface area (Å²) in [4.78, 5) is 0. The molecule has 3 heteroatoms. The Morgan fingerprint density at radius 1 is 0.750 bits per heavy atom. The van der Waals surface area contributed by atoms with Gasteiger partial charge in [0.15, 0.2) is 6.29 Å². The van der Waals surface area contributed by atoms with E-state index in [0.717, 1.165) is 18.4 Å². The van der Waals surface area contributed by atoms with Crippen LogP contribution in [0.25, 0.3) is 0 Å². The van der Waals surface area contributed by atoms with E-state index in [2.05, 4.69) is 10.2 Å². The van der Waals surface area contributed by atoms with Crippen LogP contribution in [0.3, 0.4) is 0 Å². The van der Waals surface area contributed by atoms with Gasteiger partial charge in [-0.3, -0.25) is 0 Å². The molecule has 0 aromatic rings. The van der Waals surface area contributed by atoms with Gasteiger partial charge in [-0.1, -0.05) is 38.5 Å². The summed E-state index contributed by atoms with van der Waals surface area (Å²) < 4.78 is 12.7. The lowest BCUT2D eigenvalue weighted by molar-refractivity contribution is -0.273. The molecule has 2 nitrogen and oxygen atoms in total. The normalized spacial score (nSPS) is 38.0. The van der Waals surface area contributed by atoms with Crippen molar-refractivity contribution >= 4 is 10.2 Å². The van der Waals surface area contributed by atoms with Crippen LogP contribution in [0.2, 0.25) is 6.04 Å². The highest BCUT2D eigenvalue weighted by Gasteiger charge is 2.38. The molecule has 2 saturated carbocycles. The SMILES string of the molecule is [Si]C[C@@H]1C[C@@H](C2CCCCC2)O[C@H](C2CCCCC2)O1. The Labute approximate surface area is 127 Å². The van der Waals surface area contributed by atoms with Crippen LogP contribution in [-0.2, 0) is 9.47 Å². The summed E-state index contributed by atoms with van der Waals surface area (Å²) >= 11 is 0. The largest absolute Gasteiger partial charge is 0.349 e. The van der Waals surface area contributed by atoms with Crippen LogP contribution in [0.5, 0.6) is 0 Å². The molecule has 1 aliphatic heterocycles. The molecule has 3 atom stereocenters. The second kappa shape index (κ2) is 7.41. The summed E-state index contributed by atoms with van der Waals surface area (Å²) in [7, 11) is 3.68. The van der Waals surface area contributed by atoms with Crippen LogP contribution in [-0.4, -0.2) is 28.7 Å². The van der Waals surface area contributed by atoms with Crippen LogP contribution >= 0.6 is 0 Å². The highest BCUT2D eigenvalue weighted by molar-refractivity contribution is 6.08. The van der Waals surface area contributed by atoms with Gasteiger partial charge in [0.25, 0.3) is 0 Å². The lowest BCUT2D eigenvalue weighted by Crippen LogP contribution is -2.45. The van der Waals surface area contributed by atoms with Gasteiger partial charge in [-0.05, 0) is 44.1 Å².